The van der Waals surface area contributed by atoms with E-state index < -0.39 is 42.0 Å². The Morgan fingerprint density at radius 3 is 2.48 bits per heavy atom. The van der Waals surface area contributed by atoms with E-state index in [9.17, 15) is 26.3 Å². The van der Waals surface area contributed by atoms with Crippen molar-refractivity contribution in [3.05, 3.63) is 46.2 Å². The Balaban J connectivity index is 1.95. The standard InChI is InChI=1S/C17H14F6N2OS/c1-15(7-12(17(21,22)23)26-14(24)25-15)13-6-10(8-27-13)9-3-2-4-11(5-9)16(18,19)20/h2-6,8,12H,7H2,1H3,(H2,24,25). The highest BCUT2D eigenvalue weighted by Crippen LogP contribution is 2.43. The minimum absolute atomic E-state index is 0.312. The van der Waals surface area contributed by atoms with Gasteiger partial charge < -0.3 is 10.5 Å². The van der Waals surface area contributed by atoms with E-state index in [1.165, 1.54) is 25.1 Å². The van der Waals surface area contributed by atoms with Gasteiger partial charge in [-0.15, -0.1) is 11.3 Å². The molecule has 0 saturated carbocycles. The summed E-state index contributed by atoms with van der Waals surface area (Å²) in [6.45, 7) is 1.49. The van der Waals surface area contributed by atoms with Gasteiger partial charge in [-0.2, -0.15) is 26.3 Å². The van der Waals surface area contributed by atoms with E-state index in [2.05, 4.69) is 9.73 Å². The van der Waals surface area contributed by atoms with Crippen LogP contribution in [-0.4, -0.2) is 18.3 Å². The fourth-order valence-corrected chi connectivity index (χ4v) is 3.88. The van der Waals surface area contributed by atoms with E-state index in [1.54, 1.807) is 5.38 Å². The van der Waals surface area contributed by atoms with Crippen molar-refractivity contribution < 1.29 is 31.1 Å². The molecule has 10 heteroatoms. The first kappa shape index (κ1) is 19.5. The summed E-state index contributed by atoms with van der Waals surface area (Å²) in [6.07, 6.45) is -11.7. The number of thiophene rings is 1. The van der Waals surface area contributed by atoms with E-state index >= 15 is 0 Å². The van der Waals surface area contributed by atoms with Crippen LogP contribution in [0.5, 0.6) is 0 Å². The van der Waals surface area contributed by atoms with E-state index in [1.807, 2.05) is 0 Å². The number of hydrogen-bond acceptors (Lipinski definition) is 4. The van der Waals surface area contributed by atoms with Crippen LogP contribution in [0.15, 0.2) is 40.7 Å². The van der Waals surface area contributed by atoms with Crippen molar-refractivity contribution in [3.8, 4) is 11.1 Å². The predicted octanol–water partition coefficient (Wildman–Crippen LogP) is 5.32. The Labute approximate surface area is 154 Å². The molecule has 0 aliphatic carbocycles. The molecule has 146 valence electrons. The van der Waals surface area contributed by atoms with Gasteiger partial charge in [0.2, 0.25) is 0 Å². The lowest BCUT2D eigenvalue weighted by molar-refractivity contribution is -0.208. The van der Waals surface area contributed by atoms with Crippen molar-refractivity contribution >= 4 is 17.4 Å². The van der Waals surface area contributed by atoms with E-state index in [4.69, 9.17) is 5.73 Å². The van der Waals surface area contributed by atoms with Crippen molar-refractivity contribution in [1.82, 2.24) is 0 Å². The number of amidine groups is 1. The zero-order valence-corrected chi connectivity index (χ0v) is 14.7. The molecule has 2 heterocycles. The lowest BCUT2D eigenvalue weighted by Crippen LogP contribution is -2.45. The first-order valence-corrected chi connectivity index (χ1v) is 8.62. The van der Waals surface area contributed by atoms with Crippen molar-refractivity contribution in [3.63, 3.8) is 0 Å². The molecular weight excluding hydrogens is 394 g/mol. The van der Waals surface area contributed by atoms with Crippen molar-refractivity contribution in [2.24, 2.45) is 10.7 Å². The number of alkyl halides is 6. The lowest BCUT2D eigenvalue weighted by Gasteiger charge is -2.34. The summed E-state index contributed by atoms with van der Waals surface area (Å²) in [7, 11) is 0. The number of benzene rings is 1. The van der Waals surface area contributed by atoms with Crippen LogP contribution >= 0.6 is 11.3 Å². The Morgan fingerprint density at radius 2 is 1.85 bits per heavy atom. The lowest BCUT2D eigenvalue weighted by atomic mass is 9.91. The zero-order chi connectivity index (χ0) is 20.0. The molecule has 3 nitrogen and oxygen atoms in total. The Hall–Kier alpha value is -2.23. The second-order valence-corrected chi connectivity index (χ2v) is 7.27. The Kier molecular flexibility index (Phi) is 4.65. The molecule has 2 aromatic rings. The summed E-state index contributed by atoms with van der Waals surface area (Å²) in [6, 6.07) is 5.70. The van der Waals surface area contributed by atoms with E-state index in [-0.39, 0.29) is 0 Å². The van der Waals surface area contributed by atoms with E-state index in [0.717, 1.165) is 23.5 Å². The van der Waals surface area contributed by atoms with Crippen LogP contribution in [-0.2, 0) is 16.5 Å². The number of hydrogen-bond donors (Lipinski definition) is 1. The zero-order valence-electron chi connectivity index (χ0n) is 13.9. The third kappa shape index (κ3) is 4.05. The van der Waals surface area contributed by atoms with Gasteiger partial charge in [0.1, 0.15) is 5.54 Å². The summed E-state index contributed by atoms with van der Waals surface area (Å²) in [4.78, 5) is 4.47. The Morgan fingerprint density at radius 1 is 1.15 bits per heavy atom. The minimum atomic E-state index is -4.61. The van der Waals surface area contributed by atoms with Crippen molar-refractivity contribution in [1.29, 1.82) is 0 Å². The average Bonchev–Trinajstić information content (AvgIpc) is 3.03. The highest BCUT2D eigenvalue weighted by atomic mass is 32.1. The van der Waals surface area contributed by atoms with Gasteiger partial charge >= 0.3 is 12.4 Å². The van der Waals surface area contributed by atoms with Crippen LogP contribution in [0.4, 0.5) is 26.3 Å². The molecule has 0 fully saturated rings. The maximum absolute atomic E-state index is 13.1. The topological polar surface area (TPSA) is 47.6 Å². The minimum Gasteiger partial charge on any atom is -0.452 e. The molecular formula is C17H14F6N2OS. The van der Waals surface area contributed by atoms with Gasteiger partial charge in [0.05, 0.1) is 5.56 Å². The molecule has 0 amide bonds. The van der Waals surface area contributed by atoms with Gasteiger partial charge in [-0.25, -0.2) is 4.99 Å². The van der Waals surface area contributed by atoms with E-state index in [0.29, 0.717) is 16.0 Å². The quantitative estimate of drug-likeness (QED) is 0.685. The summed E-state index contributed by atoms with van der Waals surface area (Å²) >= 11 is 1.11. The normalized spacial score (nSPS) is 23.7. The summed E-state index contributed by atoms with van der Waals surface area (Å²) in [5.74, 6) is 0. The van der Waals surface area contributed by atoms with Gasteiger partial charge in [-0.05, 0) is 41.6 Å². The second kappa shape index (κ2) is 6.43. The third-order valence-corrected chi connectivity index (χ3v) is 5.40. The average molecular weight is 408 g/mol. The molecule has 2 unspecified atom stereocenters. The van der Waals surface area contributed by atoms with Crippen molar-refractivity contribution in [2.45, 2.75) is 37.3 Å². The summed E-state index contributed by atoms with van der Waals surface area (Å²) < 4.78 is 82.4. The molecule has 0 radical (unpaired) electrons. The van der Waals surface area contributed by atoms with Crippen LogP contribution < -0.4 is 5.73 Å². The van der Waals surface area contributed by atoms with Crippen LogP contribution in [0.2, 0.25) is 0 Å². The first-order valence-electron chi connectivity index (χ1n) is 7.74. The molecule has 0 spiro atoms. The third-order valence-electron chi connectivity index (χ3n) is 4.22. The maximum Gasteiger partial charge on any atom is 0.425 e. The fourth-order valence-electron chi connectivity index (χ4n) is 2.85. The molecule has 0 saturated heterocycles. The molecule has 3 rings (SSSR count). The van der Waals surface area contributed by atoms with Crippen LogP contribution in [0.25, 0.3) is 11.1 Å². The Bertz CT molecular complexity index is 873. The fraction of sp³-hybridized carbons (Fsp3) is 0.353. The van der Waals surface area contributed by atoms with Crippen LogP contribution in [0.3, 0.4) is 0 Å². The van der Waals surface area contributed by atoms with Gasteiger partial charge in [0, 0.05) is 11.3 Å². The summed E-state index contributed by atoms with van der Waals surface area (Å²) in [5.41, 5.74) is 4.12. The molecule has 1 aliphatic rings. The largest absolute Gasteiger partial charge is 0.452 e. The van der Waals surface area contributed by atoms with Crippen LogP contribution in [0, 0.1) is 0 Å². The molecule has 27 heavy (non-hydrogen) atoms. The molecule has 0 bridgehead atoms. The highest BCUT2D eigenvalue weighted by Gasteiger charge is 2.49. The van der Waals surface area contributed by atoms with Gasteiger partial charge in [0.25, 0.3) is 6.02 Å². The smallest absolute Gasteiger partial charge is 0.425 e. The molecule has 1 aliphatic heterocycles. The second-order valence-electron chi connectivity index (χ2n) is 6.35. The monoisotopic (exact) mass is 408 g/mol. The maximum atomic E-state index is 13.1. The molecule has 2 N–H and O–H groups in total. The molecule has 1 aromatic carbocycles. The SMILES string of the molecule is CC1(c2cc(-c3cccc(C(F)(F)F)c3)cs2)CC(C(F)(F)F)OC(N)=N1. The molecule has 1 aromatic heterocycles. The number of aliphatic imine (C=N–C) groups is 1. The predicted molar refractivity (Wildman–Crippen MR) is 89.3 cm³/mol. The van der Waals surface area contributed by atoms with Gasteiger partial charge in [-0.3, -0.25) is 0 Å². The van der Waals surface area contributed by atoms with Gasteiger partial charge in [-0.1, -0.05) is 12.1 Å². The molecule has 2 atom stereocenters. The highest BCUT2D eigenvalue weighted by molar-refractivity contribution is 7.10. The number of ether oxygens (including phenoxy) is 1. The van der Waals surface area contributed by atoms with Crippen molar-refractivity contribution in [2.75, 3.05) is 0 Å². The van der Waals surface area contributed by atoms with Crippen LogP contribution in [0.1, 0.15) is 23.8 Å². The van der Waals surface area contributed by atoms with Gasteiger partial charge in [0.15, 0.2) is 6.10 Å². The summed E-state index contributed by atoms with van der Waals surface area (Å²) in [5, 5.41) is 1.58. The number of halogens is 6. The first-order chi connectivity index (χ1) is 12.4. The number of rotatable bonds is 2. The number of nitrogens with two attached hydrogens (primary N) is 1. The number of nitrogens with zero attached hydrogens (tertiary/aromatic N) is 1.